The zero-order chi connectivity index (χ0) is 12.3. The summed E-state index contributed by atoms with van der Waals surface area (Å²) in [4.78, 5) is 14.7. The number of nitrogen functional groups attached to an aromatic ring is 1. The zero-order valence-corrected chi connectivity index (χ0v) is 9.08. The van der Waals surface area contributed by atoms with Crippen LogP contribution in [-0.4, -0.2) is 25.8 Å². The number of nitrogens with zero attached hydrogens (tertiary/aromatic N) is 3. The minimum Gasteiger partial charge on any atom is -0.476 e. The first-order valence-corrected chi connectivity index (χ1v) is 5.12. The average Bonchev–Trinajstić information content (AvgIpc) is 2.69. The normalized spacial score (nSPS) is 10.4. The molecule has 0 aliphatic heterocycles. The van der Waals surface area contributed by atoms with Crippen LogP contribution >= 0.6 is 0 Å². The number of nitrogens with two attached hydrogens (primary N) is 1. The molecule has 0 aliphatic rings. The number of pyridine rings is 1. The van der Waals surface area contributed by atoms with Crippen LogP contribution in [0.3, 0.4) is 0 Å². The number of hydrogen-bond donors (Lipinski definition) is 2. The van der Waals surface area contributed by atoms with Gasteiger partial charge in [0, 0.05) is 25.1 Å². The molecule has 0 aliphatic carbocycles. The number of carboxylic acid groups (broad SMARTS) is 1. The van der Waals surface area contributed by atoms with Gasteiger partial charge in [-0.1, -0.05) is 0 Å². The Hall–Kier alpha value is -2.37. The average molecular weight is 232 g/mol. The highest BCUT2D eigenvalue weighted by Gasteiger charge is 2.12. The summed E-state index contributed by atoms with van der Waals surface area (Å²) >= 11 is 0. The quantitative estimate of drug-likeness (QED) is 0.813. The SMILES string of the molecule is Nc1cn(CCc2ccncc2)nc1C(=O)O. The molecule has 0 bridgehead atoms. The molecule has 0 atom stereocenters. The molecule has 0 aromatic carbocycles. The fourth-order valence-electron chi connectivity index (χ4n) is 1.51. The van der Waals surface area contributed by atoms with Gasteiger partial charge in [-0.3, -0.25) is 9.67 Å². The van der Waals surface area contributed by atoms with Crippen LogP contribution in [0, 0.1) is 0 Å². The largest absolute Gasteiger partial charge is 0.476 e. The van der Waals surface area contributed by atoms with Gasteiger partial charge in [0.15, 0.2) is 5.69 Å². The van der Waals surface area contributed by atoms with Crippen molar-refractivity contribution in [3.8, 4) is 0 Å². The van der Waals surface area contributed by atoms with Crippen molar-refractivity contribution >= 4 is 11.7 Å². The maximum Gasteiger partial charge on any atom is 0.358 e. The van der Waals surface area contributed by atoms with E-state index in [9.17, 15) is 4.79 Å². The summed E-state index contributed by atoms with van der Waals surface area (Å²) in [6.07, 6.45) is 5.72. The van der Waals surface area contributed by atoms with Gasteiger partial charge in [0.2, 0.25) is 0 Å². The molecule has 0 fully saturated rings. The van der Waals surface area contributed by atoms with Crippen molar-refractivity contribution in [2.24, 2.45) is 0 Å². The van der Waals surface area contributed by atoms with Crippen LogP contribution in [0.15, 0.2) is 30.7 Å². The van der Waals surface area contributed by atoms with Gasteiger partial charge in [-0.2, -0.15) is 5.10 Å². The second-order valence-electron chi connectivity index (χ2n) is 3.61. The van der Waals surface area contributed by atoms with Gasteiger partial charge in [-0.05, 0) is 24.1 Å². The van der Waals surface area contributed by atoms with Gasteiger partial charge < -0.3 is 10.8 Å². The van der Waals surface area contributed by atoms with Crippen LogP contribution in [0.1, 0.15) is 16.1 Å². The molecule has 2 aromatic rings. The number of rotatable bonds is 4. The van der Waals surface area contributed by atoms with Crippen LogP contribution in [0.4, 0.5) is 5.69 Å². The fraction of sp³-hybridized carbons (Fsp3) is 0.182. The highest BCUT2D eigenvalue weighted by Crippen LogP contribution is 2.09. The van der Waals surface area contributed by atoms with E-state index in [4.69, 9.17) is 10.8 Å². The van der Waals surface area contributed by atoms with Crippen LogP contribution in [0.5, 0.6) is 0 Å². The van der Waals surface area contributed by atoms with Crippen molar-refractivity contribution in [2.45, 2.75) is 13.0 Å². The van der Waals surface area contributed by atoms with E-state index in [0.717, 1.165) is 12.0 Å². The molecule has 0 radical (unpaired) electrons. The number of aryl methyl sites for hydroxylation is 2. The molecule has 6 heteroatoms. The lowest BCUT2D eigenvalue weighted by Gasteiger charge is -2.00. The van der Waals surface area contributed by atoms with Crippen LogP contribution < -0.4 is 5.73 Å². The predicted molar refractivity (Wildman–Crippen MR) is 61.5 cm³/mol. The first-order chi connectivity index (χ1) is 8.16. The van der Waals surface area contributed by atoms with Crippen LogP contribution in [0.2, 0.25) is 0 Å². The molecular weight excluding hydrogens is 220 g/mol. The Balaban J connectivity index is 2.05. The highest BCUT2D eigenvalue weighted by atomic mass is 16.4. The van der Waals surface area contributed by atoms with E-state index in [-0.39, 0.29) is 11.4 Å². The number of aromatic nitrogens is 3. The first kappa shape index (κ1) is 11.1. The predicted octanol–water partition coefficient (Wildman–Crippen LogP) is 0.801. The minimum absolute atomic E-state index is 0.0975. The maximum atomic E-state index is 10.7. The molecular formula is C11H12N4O2. The summed E-state index contributed by atoms with van der Waals surface area (Å²) in [6.45, 7) is 0.585. The molecule has 0 unspecified atom stereocenters. The maximum absolute atomic E-state index is 10.7. The molecule has 2 rings (SSSR count). The number of carbonyl (C=O) groups is 1. The van der Waals surface area contributed by atoms with Crippen molar-refractivity contribution in [1.29, 1.82) is 0 Å². The van der Waals surface area contributed by atoms with Crippen molar-refractivity contribution < 1.29 is 9.90 Å². The Kier molecular flexibility index (Phi) is 3.04. The zero-order valence-electron chi connectivity index (χ0n) is 9.08. The number of anilines is 1. The van der Waals surface area contributed by atoms with E-state index in [0.29, 0.717) is 6.54 Å². The Morgan fingerprint density at radius 2 is 2.12 bits per heavy atom. The first-order valence-electron chi connectivity index (χ1n) is 5.12. The van der Waals surface area contributed by atoms with E-state index < -0.39 is 5.97 Å². The Morgan fingerprint density at radius 1 is 1.41 bits per heavy atom. The Bertz CT molecular complexity index is 522. The van der Waals surface area contributed by atoms with E-state index in [1.165, 1.54) is 6.20 Å². The molecule has 2 heterocycles. The Labute approximate surface area is 97.7 Å². The second kappa shape index (κ2) is 4.65. The van der Waals surface area contributed by atoms with E-state index in [1.54, 1.807) is 17.1 Å². The summed E-state index contributed by atoms with van der Waals surface area (Å²) in [6, 6.07) is 3.82. The minimum atomic E-state index is -1.11. The van der Waals surface area contributed by atoms with Gasteiger partial charge in [0.05, 0.1) is 5.69 Å². The molecule has 0 saturated heterocycles. The third kappa shape index (κ3) is 2.60. The summed E-state index contributed by atoms with van der Waals surface area (Å²) in [5.74, 6) is -1.11. The molecule has 3 N–H and O–H groups in total. The molecule has 2 aromatic heterocycles. The summed E-state index contributed by atoms with van der Waals surface area (Å²) in [7, 11) is 0. The highest BCUT2D eigenvalue weighted by molar-refractivity contribution is 5.91. The summed E-state index contributed by atoms with van der Waals surface area (Å²) in [5.41, 5.74) is 6.74. The number of carboxylic acids is 1. The lowest BCUT2D eigenvalue weighted by molar-refractivity contribution is 0.0690. The molecule has 88 valence electrons. The van der Waals surface area contributed by atoms with Crippen LogP contribution in [-0.2, 0) is 13.0 Å². The van der Waals surface area contributed by atoms with Crippen molar-refractivity contribution in [3.63, 3.8) is 0 Å². The second-order valence-corrected chi connectivity index (χ2v) is 3.61. The lowest BCUT2D eigenvalue weighted by Crippen LogP contribution is -2.05. The van der Waals surface area contributed by atoms with Gasteiger partial charge in [-0.15, -0.1) is 0 Å². The molecule has 0 spiro atoms. The smallest absolute Gasteiger partial charge is 0.358 e. The fourth-order valence-corrected chi connectivity index (χ4v) is 1.51. The topological polar surface area (TPSA) is 94.0 Å². The lowest BCUT2D eigenvalue weighted by atomic mass is 10.2. The number of hydrogen-bond acceptors (Lipinski definition) is 4. The van der Waals surface area contributed by atoms with Crippen molar-refractivity contribution in [1.82, 2.24) is 14.8 Å². The van der Waals surface area contributed by atoms with Crippen molar-refractivity contribution in [3.05, 3.63) is 42.0 Å². The van der Waals surface area contributed by atoms with E-state index in [1.807, 2.05) is 12.1 Å². The summed E-state index contributed by atoms with van der Waals surface area (Å²) in [5, 5.41) is 12.7. The molecule has 0 amide bonds. The van der Waals surface area contributed by atoms with Crippen LogP contribution in [0.25, 0.3) is 0 Å². The van der Waals surface area contributed by atoms with Gasteiger partial charge >= 0.3 is 5.97 Å². The summed E-state index contributed by atoms with van der Waals surface area (Å²) < 4.78 is 1.54. The van der Waals surface area contributed by atoms with Gasteiger partial charge in [-0.25, -0.2) is 4.79 Å². The standard InChI is InChI=1S/C11H12N4O2/c12-9-7-15(14-10(9)11(16)17)6-3-8-1-4-13-5-2-8/h1-2,4-5,7H,3,6,12H2,(H,16,17). The number of aromatic carboxylic acids is 1. The molecule has 17 heavy (non-hydrogen) atoms. The van der Waals surface area contributed by atoms with Gasteiger partial charge in [0.25, 0.3) is 0 Å². The van der Waals surface area contributed by atoms with E-state index >= 15 is 0 Å². The monoisotopic (exact) mass is 232 g/mol. The Morgan fingerprint density at radius 3 is 2.71 bits per heavy atom. The van der Waals surface area contributed by atoms with E-state index in [2.05, 4.69) is 10.1 Å². The molecule has 0 saturated carbocycles. The van der Waals surface area contributed by atoms with Crippen molar-refractivity contribution in [2.75, 3.05) is 5.73 Å². The third-order valence-corrected chi connectivity index (χ3v) is 2.37. The van der Waals surface area contributed by atoms with Gasteiger partial charge in [0.1, 0.15) is 0 Å². The molecule has 6 nitrogen and oxygen atoms in total. The third-order valence-electron chi connectivity index (χ3n) is 2.37.